The predicted molar refractivity (Wildman–Crippen MR) is 142 cm³/mol. The second-order valence-electron chi connectivity index (χ2n) is 8.97. The summed E-state index contributed by atoms with van der Waals surface area (Å²) in [5.74, 6) is -0.0782. The van der Waals surface area contributed by atoms with E-state index < -0.39 is 5.97 Å². The number of hydrogen-bond acceptors (Lipinski definition) is 6. The zero-order valence-electron chi connectivity index (χ0n) is 21.4. The van der Waals surface area contributed by atoms with Gasteiger partial charge in [0.1, 0.15) is 6.61 Å². The maximum Gasteiger partial charge on any atom is 0.337 e. The number of carbonyl (C=O) groups is 2. The van der Waals surface area contributed by atoms with Crippen molar-refractivity contribution in [3.05, 3.63) is 82.9 Å². The van der Waals surface area contributed by atoms with Gasteiger partial charge in [0.2, 0.25) is 5.91 Å². The fourth-order valence-corrected chi connectivity index (χ4v) is 4.40. The van der Waals surface area contributed by atoms with E-state index in [0.29, 0.717) is 55.8 Å². The molecule has 4 rings (SSSR count). The summed E-state index contributed by atoms with van der Waals surface area (Å²) < 4.78 is 16.9. The number of benzene rings is 3. The van der Waals surface area contributed by atoms with Gasteiger partial charge in [-0.3, -0.25) is 4.79 Å². The van der Waals surface area contributed by atoms with Crippen molar-refractivity contribution in [1.29, 1.82) is 0 Å². The van der Waals surface area contributed by atoms with E-state index in [1.54, 1.807) is 30.2 Å². The van der Waals surface area contributed by atoms with Gasteiger partial charge in [-0.25, -0.2) is 4.79 Å². The number of amides is 1. The molecule has 0 atom stereocenters. The van der Waals surface area contributed by atoms with E-state index in [2.05, 4.69) is 6.07 Å². The lowest BCUT2D eigenvalue weighted by molar-refractivity contribution is -0.116. The number of carbonyl (C=O) groups excluding carboxylic acids is 1. The normalized spacial score (nSPS) is 13.2. The molecular weight excluding hydrogens is 472 g/mol. The third kappa shape index (κ3) is 6.40. The van der Waals surface area contributed by atoms with Crippen molar-refractivity contribution >= 4 is 23.3 Å². The lowest BCUT2D eigenvalue weighted by Gasteiger charge is -2.31. The van der Waals surface area contributed by atoms with Crippen LogP contribution in [0.25, 0.3) is 0 Å². The minimum atomic E-state index is -1.04. The number of nitrogens with zero attached hydrogens (tertiary/aromatic N) is 2. The van der Waals surface area contributed by atoms with Crippen molar-refractivity contribution in [2.24, 2.45) is 0 Å². The summed E-state index contributed by atoms with van der Waals surface area (Å²) in [6.07, 6.45) is 0. The average Bonchev–Trinajstić information content (AvgIpc) is 2.90. The van der Waals surface area contributed by atoms with Gasteiger partial charge in [-0.05, 0) is 48.4 Å². The van der Waals surface area contributed by atoms with Crippen molar-refractivity contribution in [3.63, 3.8) is 0 Å². The molecule has 0 aromatic heterocycles. The smallest absolute Gasteiger partial charge is 0.337 e. The molecule has 1 aliphatic rings. The Bertz CT molecular complexity index is 1270. The number of ether oxygens (including phenoxy) is 3. The highest BCUT2D eigenvalue weighted by Gasteiger charge is 2.22. The van der Waals surface area contributed by atoms with Crippen molar-refractivity contribution in [2.45, 2.75) is 27.0 Å². The van der Waals surface area contributed by atoms with Crippen molar-refractivity contribution in [1.82, 2.24) is 0 Å². The summed E-state index contributed by atoms with van der Waals surface area (Å²) in [5.41, 5.74) is 4.34. The molecule has 0 bridgehead atoms. The van der Waals surface area contributed by atoms with E-state index in [1.807, 2.05) is 48.2 Å². The number of rotatable bonds is 9. The molecule has 8 nitrogen and oxygen atoms in total. The van der Waals surface area contributed by atoms with Gasteiger partial charge in [0, 0.05) is 25.7 Å². The Hall–Kier alpha value is -4.04. The molecule has 1 N–H and O–H groups in total. The van der Waals surface area contributed by atoms with Gasteiger partial charge < -0.3 is 29.1 Å². The van der Waals surface area contributed by atoms with Crippen molar-refractivity contribution in [2.75, 3.05) is 43.2 Å². The molecule has 1 aliphatic heterocycles. The highest BCUT2D eigenvalue weighted by Crippen LogP contribution is 2.32. The number of morpholine rings is 1. The molecule has 3 aromatic rings. The molecule has 1 saturated heterocycles. The molecule has 0 spiro atoms. The van der Waals surface area contributed by atoms with Gasteiger partial charge in [-0.2, -0.15) is 0 Å². The SMILES string of the molecule is COc1cc(CN(C(C)=O)c2ccc(N3CCOCC3)c(C(=O)O)c2)ccc1OCc1cccc(C)c1. The first-order chi connectivity index (χ1) is 17.9. The molecule has 0 aliphatic carbocycles. The minimum Gasteiger partial charge on any atom is -0.493 e. The topological polar surface area (TPSA) is 88.5 Å². The van der Waals surface area contributed by atoms with Crippen molar-refractivity contribution in [3.8, 4) is 11.5 Å². The van der Waals surface area contributed by atoms with Crippen LogP contribution in [-0.4, -0.2) is 50.4 Å². The molecule has 3 aromatic carbocycles. The average molecular weight is 505 g/mol. The molecule has 0 unspecified atom stereocenters. The quantitative estimate of drug-likeness (QED) is 0.453. The third-order valence-corrected chi connectivity index (χ3v) is 6.30. The zero-order chi connectivity index (χ0) is 26.4. The van der Waals surface area contributed by atoms with Crippen LogP contribution in [-0.2, 0) is 22.7 Å². The second-order valence-corrected chi connectivity index (χ2v) is 8.97. The third-order valence-electron chi connectivity index (χ3n) is 6.30. The number of aryl methyl sites for hydroxylation is 1. The largest absolute Gasteiger partial charge is 0.493 e. The Morgan fingerprint density at radius 3 is 2.46 bits per heavy atom. The number of methoxy groups -OCH3 is 1. The fraction of sp³-hybridized carbons (Fsp3) is 0.310. The standard InChI is InChI=1S/C29H32N2O6/c1-20-5-4-6-23(15-20)19-37-27-10-7-22(16-28(27)35-3)18-31(21(2)32)24-8-9-26(25(17-24)29(33)34)30-11-13-36-14-12-30/h4-10,15-17H,11-14,18-19H2,1-3H3,(H,33,34). The van der Waals surface area contributed by atoms with E-state index >= 15 is 0 Å². The highest BCUT2D eigenvalue weighted by atomic mass is 16.5. The zero-order valence-corrected chi connectivity index (χ0v) is 21.4. The van der Waals surface area contributed by atoms with Crippen LogP contribution in [0.15, 0.2) is 60.7 Å². The van der Waals surface area contributed by atoms with E-state index in [1.165, 1.54) is 6.92 Å². The molecule has 194 valence electrons. The van der Waals surface area contributed by atoms with Crippen molar-refractivity contribution < 1.29 is 28.9 Å². The van der Waals surface area contributed by atoms with Gasteiger partial charge in [-0.1, -0.05) is 35.9 Å². The summed E-state index contributed by atoms with van der Waals surface area (Å²) in [6, 6.07) is 18.8. The lowest BCUT2D eigenvalue weighted by atomic mass is 10.1. The number of carboxylic acid groups (broad SMARTS) is 1. The summed E-state index contributed by atoms with van der Waals surface area (Å²) in [6.45, 7) is 6.49. The molecule has 1 amide bonds. The maximum atomic E-state index is 12.6. The van der Waals surface area contributed by atoms with Crippen LogP contribution < -0.4 is 19.3 Å². The van der Waals surface area contributed by atoms with Crippen LogP contribution in [0, 0.1) is 6.92 Å². The number of aromatic carboxylic acids is 1. The Kier molecular flexibility index (Phi) is 8.30. The minimum absolute atomic E-state index is 0.156. The van der Waals surface area contributed by atoms with Crippen LogP contribution in [0.5, 0.6) is 11.5 Å². The van der Waals surface area contributed by atoms with Gasteiger partial charge in [0.25, 0.3) is 0 Å². The Labute approximate surface area is 217 Å². The van der Waals surface area contributed by atoms with Gasteiger partial charge in [0.15, 0.2) is 11.5 Å². The first-order valence-corrected chi connectivity index (χ1v) is 12.2. The van der Waals surface area contributed by atoms with Gasteiger partial charge in [-0.15, -0.1) is 0 Å². The van der Waals surface area contributed by atoms with Gasteiger partial charge in [0.05, 0.1) is 38.1 Å². The fourth-order valence-electron chi connectivity index (χ4n) is 4.40. The summed E-state index contributed by atoms with van der Waals surface area (Å²) >= 11 is 0. The molecule has 1 heterocycles. The molecular formula is C29H32N2O6. The Morgan fingerprint density at radius 1 is 1.00 bits per heavy atom. The first-order valence-electron chi connectivity index (χ1n) is 12.2. The molecule has 1 fully saturated rings. The monoisotopic (exact) mass is 504 g/mol. The Balaban J connectivity index is 1.55. The van der Waals surface area contributed by atoms with E-state index in [4.69, 9.17) is 14.2 Å². The molecule has 37 heavy (non-hydrogen) atoms. The molecule has 0 saturated carbocycles. The second kappa shape index (κ2) is 11.8. The van der Waals surface area contributed by atoms with E-state index in [9.17, 15) is 14.7 Å². The summed E-state index contributed by atoms with van der Waals surface area (Å²) in [7, 11) is 1.57. The van der Waals surface area contributed by atoms with Crippen LogP contribution in [0.4, 0.5) is 11.4 Å². The van der Waals surface area contributed by atoms with Crippen LogP contribution >= 0.6 is 0 Å². The Morgan fingerprint density at radius 2 is 1.78 bits per heavy atom. The van der Waals surface area contributed by atoms with E-state index in [-0.39, 0.29) is 18.0 Å². The number of carboxylic acids is 1. The predicted octanol–water partition coefficient (Wildman–Crippen LogP) is 4.67. The number of anilines is 2. The summed E-state index contributed by atoms with van der Waals surface area (Å²) in [5, 5.41) is 9.89. The molecule has 8 heteroatoms. The van der Waals surface area contributed by atoms with Crippen LogP contribution in [0.3, 0.4) is 0 Å². The van der Waals surface area contributed by atoms with E-state index in [0.717, 1.165) is 16.7 Å². The molecule has 0 radical (unpaired) electrons. The maximum absolute atomic E-state index is 12.6. The first kappa shape index (κ1) is 26.0. The van der Waals surface area contributed by atoms with Gasteiger partial charge >= 0.3 is 5.97 Å². The summed E-state index contributed by atoms with van der Waals surface area (Å²) in [4.78, 5) is 28.2. The lowest BCUT2D eigenvalue weighted by Crippen LogP contribution is -2.37. The highest BCUT2D eigenvalue weighted by molar-refractivity contribution is 5.98. The van der Waals surface area contributed by atoms with Crippen LogP contribution in [0.1, 0.15) is 34.0 Å². The van der Waals surface area contributed by atoms with Crippen LogP contribution in [0.2, 0.25) is 0 Å². The number of hydrogen-bond donors (Lipinski definition) is 1.